The largest absolute Gasteiger partial charge is 0.500 e. The van der Waals surface area contributed by atoms with Gasteiger partial charge in [-0.05, 0) is 83.1 Å². The molecule has 0 radical (unpaired) electrons. The first kappa shape index (κ1) is 40.4. The van der Waals surface area contributed by atoms with Crippen LogP contribution in [0.3, 0.4) is 0 Å². The molecule has 1 aromatic rings. The molecular formula is C34H59NO9Si. The van der Waals surface area contributed by atoms with Gasteiger partial charge in [-0.3, -0.25) is 0 Å². The fourth-order valence-electron chi connectivity index (χ4n) is 4.63. The smallest absolute Gasteiger partial charge is 0.493 e. The molecule has 0 fully saturated rings. The van der Waals surface area contributed by atoms with Gasteiger partial charge in [-0.1, -0.05) is 45.1 Å². The van der Waals surface area contributed by atoms with Crippen LogP contribution in [-0.2, 0) is 27.5 Å². The first-order chi connectivity index (χ1) is 21.9. The number of nitrogens with one attached hydrogen (secondary N) is 1. The van der Waals surface area contributed by atoms with Crippen molar-refractivity contribution in [3.63, 3.8) is 0 Å². The highest BCUT2D eigenvalue weighted by atomic mass is 28.4. The molecule has 11 heteroatoms. The summed E-state index contributed by atoms with van der Waals surface area (Å²) in [6.07, 6.45) is 13.9. The van der Waals surface area contributed by atoms with E-state index in [9.17, 15) is 9.59 Å². The predicted molar refractivity (Wildman–Crippen MR) is 180 cm³/mol. The van der Waals surface area contributed by atoms with Crippen molar-refractivity contribution in [2.45, 2.75) is 104 Å². The van der Waals surface area contributed by atoms with E-state index in [1.165, 1.54) is 38.2 Å². The number of alkyl carbamates (subject to hydrolysis) is 1. The SMILES string of the molecule is CCCCCCCCOc1ccc(/C=C/C(=O)OCCCCCCOC(=O)NCCC[Si](OCC)(OCC)OCC)cc1OC. The van der Waals surface area contributed by atoms with E-state index in [1.807, 2.05) is 39.0 Å². The Morgan fingerprint density at radius 3 is 1.96 bits per heavy atom. The third kappa shape index (κ3) is 19.5. The molecule has 0 saturated carbocycles. The van der Waals surface area contributed by atoms with E-state index in [0.717, 1.165) is 37.7 Å². The number of unbranched alkanes of at least 4 members (excludes halogenated alkanes) is 8. The summed E-state index contributed by atoms with van der Waals surface area (Å²) in [5, 5.41) is 2.77. The van der Waals surface area contributed by atoms with Gasteiger partial charge in [-0.15, -0.1) is 0 Å². The Balaban J connectivity index is 2.17. The average molecular weight is 654 g/mol. The molecule has 0 atom stereocenters. The molecule has 1 aromatic carbocycles. The van der Waals surface area contributed by atoms with Crippen molar-refractivity contribution in [2.24, 2.45) is 0 Å². The highest BCUT2D eigenvalue weighted by Crippen LogP contribution is 2.29. The summed E-state index contributed by atoms with van der Waals surface area (Å²) < 4.78 is 39.4. The summed E-state index contributed by atoms with van der Waals surface area (Å²) in [7, 11) is -1.08. The van der Waals surface area contributed by atoms with Crippen molar-refractivity contribution in [1.82, 2.24) is 5.32 Å². The molecule has 10 nitrogen and oxygen atoms in total. The molecule has 0 aliphatic rings. The third-order valence-electron chi connectivity index (χ3n) is 6.89. The zero-order chi connectivity index (χ0) is 33.0. The summed E-state index contributed by atoms with van der Waals surface area (Å²) in [5.74, 6) is 0.961. The highest BCUT2D eigenvalue weighted by molar-refractivity contribution is 6.60. The van der Waals surface area contributed by atoms with E-state index < -0.39 is 14.9 Å². The monoisotopic (exact) mass is 653 g/mol. The Kier molecular flexibility index (Phi) is 23.9. The maximum atomic E-state index is 12.1. The number of benzene rings is 1. The Morgan fingerprint density at radius 2 is 1.33 bits per heavy atom. The number of methoxy groups -OCH3 is 1. The number of ether oxygens (including phenoxy) is 4. The van der Waals surface area contributed by atoms with Crippen molar-refractivity contribution >= 4 is 26.9 Å². The molecule has 0 aliphatic carbocycles. The van der Waals surface area contributed by atoms with Gasteiger partial charge < -0.3 is 37.5 Å². The number of hydrogen-bond acceptors (Lipinski definition) is 9. The van der Waals surface area contributed by atoms with Gasteiger partial charge in [0.1, 0.15) is 0 Å². The van der Waals surface area contributed by atoms with Crippen LogP contribution in [0.2, 0.25) is 6.04 Å². The Morgan fingerprint density at radius 1 is 0.733 bits per heavy atom. The predicted octanol–water partition coefficient (Wildman–Crippen LogP) is 7.72. The van der Waals surface area contributed by atoms with Gasteiger partial charge in [0.2, 0.25) is 0 Å². The average Bonchev–Trinajstić information content (AvgIpc) is 3.03. The van der Waals surface area contributed by atoms with Crippen molar-refractivity contribution in [2.75, 3.05) is 53.3 Å². The van der Waals surface area contributed by atoms with Crippen LogP contribution in [0.5, 0.6) is 11.5 Å². The van der Waals surface area contributed by atoms with Crippen molar-refractivity contribution < 1.29 is 41.8 Å². The van der Waals surface area contributed by atoms with Gasteiger partial charge in [0.25, 0.3) is 0 Å². The molecular weight excluding hydrogens is 594 g/mol. The minimum Gasteiger partial charge on any atom is -0.493 e. The lowest BCUT2D eigenvalue weighted by molar-refractivity contribution is -0.137. The van der Waals surface area contributed by atoms with Gasteiger partial charge in [0.05, 0.1) is 26.9 Å². The Hall–Kier alpha value is -2.60. The Bertz CT molecular complexity index is 927. The molecule has 258 valence electrons. The maximum absolute atomic E-state index is 12.1. The number of carbonyl (C=O) groups excluding carboxylic acids is 2. The van der Waals surface area contributed by atoms with Gasteiger partial charge in [0.15, 0.2) is 11.5 Å². The number of amides is 1. The van der Waals surface area contributed by atoms with Crippen LogP contribution in [-0.4, -0.2) is 74.2 Å². The lowest BCUT2D eigenvalue weighted by Gasteiger charge is -2.28. The van der Waals surface area contributed by atoms with Crippen LogP contribution in [0.25, 0.3) is 6.08 Å². The minimum absolute atomic E-state index is 0.342. The van der Waals surface area contributed by atoms with E-state index in [2.05, 4.69) is 12.2 Å². The lowest BCUT2D eigenvalue weighted by atomic mass is 10.1. The summed E-state index contributed by atoms with van der Waals surface area (Å²) in [6.45, 7) is 11.4. The van der Waals surface area contributed by atoms with Gasteiger partial charge in [-0.2, -0.15) is 0 Å². The topological polar surface area (TPSA) is 111 Å². The molecule has 0 aliphatic heterocycles. The van der Waals surface area contributed by atoms with E-state index in [1.54, 1.807) is 13.2 Å². The molecule has 1 N–H and O–H groups in total. The van der Waals surface area contributed by atoms with Crippen molar-refractivity contribution in [1.29, 1.82) is 0 Å². The number of esters is 1. The second kappa shape index (κ2) is 26.6. The van der Waals surface area contributed by atoms with Crippen LogP contribution >= 0.6 is 0 Å². The summed E-state index contributed by atoms with van der Waals surface area (Å²) >= 11 is 0. The zero-order valence-corrected chi connectivity index (χ0v) is 29.5. The third-order valence-corrected chi connectivity index (χ3v) is 10.0. The van der Waals surface area contributed by atoms with Crippen molar-refractivity contribution in [3.8, 4) is 11.5 Å². The summed E-state index contributed by atoms with van der Waals surface area (Å²) in [4.78, 5) is 24.1. The van der Waals surface area contributed by atoms with E-state index >= 15 is 0 Å². The molecule has 45 heavy (non-hydrogen) atoms. The molecule has 0 spiro atoms. The van der Waals surface area contributed by atoms with Crippen LogP contribution in [0.15, 0.2) is 24.3 Å². The molecule has 1 rings (SSSR count). The first-order valence-corrected chi connectivity index (χ1v) is 18.8. The minimum atomic E-state index is -2.69. The van der Waals surface area contributed by atoms with Gasteiger partial charge >= 0.3 is 20.9 Å². The zero-order valence-electron chi connectivity index (χ0n) is 28.5. The highest BCUT2D eigenvalue weighted by Gasteiger charge is 2.39. The van der Waals surface area contributed by atoms with Gasteiger partial charge in [0, 0.05) is 38.5 Å². The standard InChI is InChI=1S/C34H59NO9Si/c1-6-10-11-12-13-16-25-39-31-22-20-30(29-32(31)38-5)21-23-33(36)40-26-17-14-15-18-27-41-34(37)35-24-19-28-45(42-7-2,43-8-3)44-9-4/h20-23,29H,6-19,24-28H2,1-5H3,(H,35,37)/b23-21+. The molecule has 1 amide bonds. The molecule has 0 heterocycles. The number of carbonyl (C=O) groups is 2. The molecule has 0 saturated heterocycles. The second-order valence-corrected chi connectivity index (χ2v) is 13.3. The van der Waals surface area contributed by atoms with E-state index in [0.29, 0.717) is 70.1 Å². The van der Waals surface area contributed by atoms with Crippen LogP contribution in [0, 0.1) is 0 Å². The fourth-order valence-corrected chi connectivity index (χ4v) is 7.24. The van der Waals surface area contributed by atoms with Crippen molar-refractivity contribution in [3.05, 3.63) is 29.8 Å². The summed E-state index contributed by atoms with van der Waals surface area (Å²) in [5.41, 5.74) is 0.830. The second-order valence-electron chi connectivity index (χ2n) is 10.6. The quantitative estimate of drug-likeness (QED) is 0.0421. The molecule has 0 unspecified atom stereocenters. The number of rotatable bonds is 28. The first-order valence-electron chi connectivity index (χ1n) is 16.9. The normalized spacial score (nSPS) is 11.5. The Labute approximate surface area is 272 Å². The summed E-state index contributed by atoms with van der Waals surface area (Å²) in [6, 6.07) is 6.25. The van der Waals surface area contributed by atoms with Gasteiger partial charge in [-0.25, -0.2) is 9.59 Å². The lowest BCUT2D eigenvalue weighted by Crippen LogP contribution is -2.46. The van der Waals surface area contributed by atoms with Crippen LogP contribution in [0.1, 0.15) is 104 Å². The van der Waals surface area contributed by atoms with E-state index in [-0.39, 0.29) is 5.97 Å². The van der Waals surface area contributed by atoms with E-state index in [4.69, 9.17) is 32.2 Å². The fraction of sp³-hybridized carbons (Fsp3) is 0.706. The number of hydrogen-bond donors (Lipinski definition) is 1. The molecule has 0 aromatic heterocycles. The van der Waals surface area contributed by atoms with Crippen LogP contribution in [0.4, 0.5) is 4.79 Å². The molecule has 0 bridgehead atoms. The maximum Gasteiger partial charge on any atom is 0.500 e. The van der Waals surface area contributed by atoms with Crippen LogP contribution < -0.4 is 14.8 Å².